The molecule has 0 aliphatic carbocycles. The van der Waals surface area contributed by atoms with Crippen LogP contribution in [0.4, 0.5) is 0 Å². The van der Waals surface area contributed by atoms with Gasteiger partial charge in [0.1, 0.15) is 5.52 Å². The second kappa shape index (κ2) is 3.66. The number of nitroso groups, excluding NO2 is 1. The predicted molar refractivity (Wildman–Crippen MR) is 61.8 cm³/mol. The molecule has 2 rings (SSSR count). The average molecular weight is 218 g/mol. The van der Waals surface area contributed by atoms with Crippen molar-refractivity contribution < 1.29 is 0 Å². The van der Waals surface area contributed by atoms with E-state index < -0.39 is 6.17 Å². The van der Waals surface area contributed by atoms with E-state index in [9.17, 15) is 4.91 Å². The summed E-state index contributed by atoms with van der Waals surface area (Å²) in [6.45, 7) is 5.86. The van der Waals surface area contributed by atoms with Gasteiger partial charge in [0.2, 0.25) is 0 Å². The molecule has 16 heavy (non-hydrogen) atoms. The summed E-state index contributed by atoms with van der Waals surface area (Å²) in [6, 6.07) is 7.54. The molecule has 0 N–H and O–H groups in total. The Balaban J connectivity index is 2.58. The molecule has 0 amide bonds. The van der Waals surface area contributed by atoms with Crippen molar-refractivity contribution in [1.82, 2.24) is 15.0 Å². The van der Waals surface area contributed by atoms with Gasteiger partial charge in [0.05, 0.1) is 5.52 Å². The van der Waals surface area contributed by atoms with Crippen molar-refractivity contribution in [3.63, 3.8) is 0 Å². The summed E-state index contributed by atoms with van der Waals surface area (Å²) >= 11 is 0. The third-order valence-electron chi connectivity index (χ3n) is 2.48. The molecule has 2 aromatic rings. The van der Waals surface area contributed by atoms with Crippen LogP contribution >= 0.6 is 0 Å². The first-order chi connectivity index (χ1) is 7.54. The molecule has 0 fully saturated rings. The van der Waals surface area contributed by atoms with E-state index in [1.807, 2.05) is 45.0 Å². The average Bonchev–Trinajstić information content (AvgIpc) is 2.61. The van der Waals surface area contributed by atoms with Crippen molar-refractivity contribution in [2.75, 3.05) is 0 Å². The van der Waals surface area contributed by atoms with Gasteiger partial charge in [0.15, 0.2) is 6.17 Å². The Kier molecular flexibility index (Phi) is 2.46. The lowest BCUT2D eigenvalue weighted by atomic mass is 9.93. The molecule has 1 aromatic heterocycles. The fourth-order valence-corrected chi connectivity index (χ4v) is 1.64. The smallest absolute Gasteiger partial charge is 0.190 e. The Morgan fingerprint density at radius 1 is 1.31 bits per heavy atom. The fraction of sp³-hybridized carbons (Fsp3) is 0.455. The highest BCUT2D eigenvalue weighted by Gasteiger charge is 2.29. The Morgan fingerprint density at radius 2 is 2.00 bits per heavy atom. The lowest BCUT2D eigenvalue weighted by Crippen LogP contribution is -2.23. The van der Waals surface area contributed by atoms with E-state index in [4.69, 9.17) is 0 Å². The number of nitrogens with zero attached hydrogens (tertiary/aromatic N) is 4. The fourth-order valence-electron chi connectivity index (χ4n) is 1.64. The van der Waals surface area contributed by atoms with Crippen LogP contribution < -0.4 is 0 Å². The number of rotatable bonds is 2. The lowest BCUT2D eigenvalue weighted by molar-refractivity contribution is 0.234. The van der Waals surface area contributed by atoms with Crippen molar-refractivity contribution in [1.29, 1.82) is 0 Å². The zero-order chi connectivity index (χ0) is 11.8. The second-order valence-electron chi connectivity index (χ2n) is 4.87. The summed E-state index contributed by atoms with van der Waals surface area (Å²) in [7, 11) is 0. The summed E-state index contributed by atoms with van der Waals surface area (Å²) in [6.07, 6.45) is -0.542. The van der Waals surface area contributed by atoms with Crippen LogP contribution in [0.25, 0.3) is 11.0 Å². The highest BCUT2D eigenvalue weighted by Crippen LogP contribution is 2.32. The van der Waals surface area contributed by atoms with Crippen LogP contribution in [0.1, 0.15) is 26.9 Å². The number of benzene rings is 1. The van der Waals surface area contributed by atoms with E-state index in [2.05, 4.69) is 15.5 Å². The monoisotopic (exact) mass is 218 g/mol. The molecule has 0 radical (unpaired) electrons. The molecule has 1 heterocycles. The minimum absolute atomic E-state index is 0.280. The maximum Gasteiger partial charge on any atom is 0.190 e. The Bertz CT molecular complexity index is 512. The molecule has 0 spiro atoms. The van der Waals surface area contributed by atoms with E-state index in [1.165, 1.54) is 0 Å². The molecule has 0 saturated carbocycles. The standard InChI is InChI=1S/C11H14N4O/c1-11(2,3)10(13-16)15-9-7-5-4-6-8(9)12-14-15/h4-7,10H,1-3H3. The van der Waals surface area contributed by atoms with Gasteiger partial charge in [0.25, 0.3) is 0 Å². The summed E-state index contributed by atoms with van der Waals surface area (Å²) in [4.78, 5) is 11.0. The van der Waals surface area contributed by atoms with E-state index in [-0.39, 0.29) is 5.41 Å². The summed E-state index contributed by atoms with van der Waals surface area (Å²) < 4.78 is 1.59. The van der Waals surface area contributed by atoms with Crippen LogP contribution in [0.2, 0.25) is 0 Å². The van der Waals surface area contributed by atoms with Gasteiger partial charge in [0, 0.05) is 5.41 Å². The zero-order valence-corrected chi connectivity index (χ0v) is 9.58. The van der Waals surface area contributed by atoms with Crippen LogP contribution in [0.5, 0.6) is 0 Å². The van der Waals surface area contributed by atoms with E-state index in [0.29, 0.717) is 0 Å². The quantitative estimate of drug-likeness (QED) is 0.728. The molecular formula is C11H14N4O. The largest absolute Gasteiger partial charge is 0.216 e. The number of aromatic nitrogens is 3. The van der Waals surface area contributed by atoms with Crippen LogP contribution in [0.15, 0.2) is 29.4 Å². The third kappa shape index (κ3) is 1.68. The molecule has 5 nitrogen and oxygen atoms in total. The summed E-state index contributed by atoms with van der Waals surface area (Å²) in [5, 5.41) is 11.2. The minimum Gasteiger partial charge on any atom is -0.216 e. The molecule has 1 aromatic carbocycles. The molecular weight excluding hydrogens is 204 g/mol. The van der Waals surface area contributed by atoms with E-state index in [1.54, 1.807) is 4.68 Å². The van der Waals surface area contributed by atoms with Crippen molar-refractivity contribution in [3.8, 4) is 0 Å². The van der Waals surface area contributed by atoms with Gasteiger partial charge in [-0.3, -0.25) is 0 Å². The van der Waals surface area contributed by atoms with Crippen LogP contribution in [0, 0.1) is 10.3 Å². The maximum atomic E-state index is 11.0. The van der Waals surface area contributed by atoms with Crippen molar-refractivity contribution in [2.24, 2.45) is 10.6 Å². The van der Waals surface area contributed by atoms with E-state index in [0.717, 1.165) is 11.0 Å². The summed E-state index contributed by atoms with van der Waals surface area (Å²) in [5.74, 6) is 0. The molecule has 0 aliphatic rings. The topological polar surface area (TPSA) is 60.1 Å². The lowest BCUT2D eigenvalue weighted by Gasteiger charge is -2.24. The first kappa shape index (κ1) is 10.7. The number of fused-ring (bicyclic) bond motifs is 1. The van der Waals surface area contributed by atoms with Gasteiger partial charge in [-0.05, 0) is 17.3 Å². The molecule has 84 valence electrons. The van der Waals surface area contributed by atoms with Crippen LogP contribution in [-0.4, -0.2) is 15.0 Å². The van der Waals surface area contributed by atoms with E-state index >= 15 is 0 Å². The first-order valence-electron chi connectivity index (χ1n) is 5.16. The van der Waals surface area contributed by atoms with Crippen molar-refractivity contribution in [3.05, 3.63) is 29.2 Å². The van der Waals surface area contributed by atoms with Gasteiger partial charge in [-0.2, -0.15) is 0 Å². The summed E-state index contributed by atoms with van der Waals surface area (Å²) in [5.41, 5.74) is 1.33. The number of para-hydroxylation sites is 1. The van der Waals surface area contributed by atoms with Gasteiger partial charge >= 0.3 is 0 Å². The van der Waals surface area contributed by atoms with Crippen molar-refractivity contribution >= 4 is 11.0 Å². The maximum absolute atomic E-state index is 11.0. The van der Waals surface area contributed by atoms with Gasteiger partial charge in [-0.1, -0.05) is 38.1 Å². The molecule has 0 saturated heterocycles. The SMILES string of the molecule is CC(C)(C)C(N=O)n1nnc2ccccc21. The first-order valence-corrected chi connectivity index (χ1v) is 5.16. The molecule has 5 heteroatoms. The highest BCUT2D eigenvalue weighted by atomic mass is 16.3. The molecule has 0 aliphatic heterocycles. The predicted octanol–water partition coefficient (Wildman–Crippen LogP) is 2.74. The number of hydrogen-bond acceptors (Lipinski definition) is 4. The van der Waals surface area contributed by atoms with Gasteiger partial charge in [-0.15, -0.1) is 10.0 Å². The Morgan fingerprint density at radius 3 is 2.62 bits per heavy atom. The molecule has 0 bridgehead atoms. The molecule has 1 atom stereocenters. The Labute approximate surface area is 93.4 Å². The van der Waals surface area contributed by atoms with Gasteiger partial charge in [-0.25, -0.2) is 4.68 Å². The third-order valence-corrected chi connectivity index (χ3v) is 2.48. The highest BCUT2D eigenvalue weighted by molar-refractivity contribution is 5.73. The normalized spacial score (nSPS) is 13.9. The van der Waals surface area contributed by atoms with Crippen molar-refractivity contribution in [2.45, 2.75) is 26.9 Å². The number of hydrogen-bond donors (Lipinski definition) is 0. The van der Waals surface area contributed by atoms with Crippen LogP contribution in [-0.2, 0) is 0 Å². The minimum atomic E-state index is -0.542. The zero-order valence-electron chi connectivity index (χ0n) is 9.58. The van der Waals surface area contributed by atoms with Gasteiger partial charge < -0.3 is 0 Å². The molecule has 1 unspecified atom stereocenters. The second-order valence-corrected chi connectivity index (χ2v) is 4.87. The Hall–Kier alpha value is -1.78. The van der Waals surface area contributed by atoms with Crippen LogP contribution in [0.3, 0.4) is 0 Å².